The number of likely N-dealkylation sites (tertiary alicyclic amines) is 1. The molecular formula is C25H30N2O. The molecule has 0 aromatic heterocycles. The Kier molecular flexibility index (Phi) is 4.72. The summed E-state index contributed by atoms with van der Waals surface area (Å²) < 4.78 is 0. The molecule has 1 saturated carbocycles. The molecule has 2 aromatic rings. The van der Waals surface area contributed by atoms with E-state index in [1.165, 1.54) is 67.4 Å². The number of nitrogens with zero attached hydrogens (tertiary/aromatic N) is 2. The standard InChI is InChI=1S/C25H30N2O/c1-26(22-14-6-7-15-23(22)27-16-8-9-17-27)25(28)24-20-12-4-2-10-18(20)19-11-3-5-13-21(19)24/h2-5,10-13,22-24H,6-9,14-17H2,1H3/t22-,23-/m1/s1. The van der Waals surface area contributed by atoms with Crippen molar-refractivity contribution in [1.82, 2.24) is 9.80 Å². The van der Waals surface area contributed by atoms with Crippen LogP contribution in [0.5, 0.6) is 0 Å². The highest BCUT2D eigenvalue weighted by Crippen LogP contribution is 2.45. The van der Waals surface area contributed by atoms with Gasteiger partial charge < -0.3 is 4.90 Å². The Morgan fingerprint density at radius 3 is 2.07 bits per heavy atom. The lowest BCUT2D eigenvalue weighted by Gasteiger charge is -2.43. The largest absolute Gasteiger partial charge is 0.340 e. The number of carbonyl (C=O) groups is 1. The maximum absolute atomic E-state index is 13.8. The molecule has 1 aliphatic heterocycles. The Labute approximate surface area is 168 Å². The minimum atomic E-state index is -0.154. The van der Waals surface area contributed by atoms with Gasteiger partial charge in [0.25, 0.3) is 0 Å². The number of hydrogen-bond acceptors (Lipinski definition) is 2. The van der Waals surface area contributed by atoms with E-state index < -0.39 is 0 Å². The van der Waals surface area contributed by atoms with Crippen LogP contribution in [-0.4, -0.2) is 47.9 Å². The van der Waals surface area contributed by atoms with E-state index in [0.29, 0.717) is 12.1 Å². The fourth-order valence-corrected chi connectivity index (χ4v) is 5.83. The van der Waals surface area contributed by atoms with Crippen molar-refractivity contribution in [3.8, 4) is 11.1 Å². The van der Waals surface area contributed by atoms with E-state index in [2.05, 4.69) is 65.4 Å². The number of benzene rings is 2. The summed E-state index contributed by atoms with van der Waals surface area (Å²) in [5.74, 6) is 0.118. The van der Waals surface area contributed by atoms with E-state index in [1.54, 1.807) is 0 Å². The first-order valence-electron chi connectivity index (χ1n) is 10.9. The smallest absolute Gasteiger partial charge is 0.234 e. The molecule has 2 aromatic carbocycles. The molecule has 28 heavy (non-hydrogen) atoms. The van der Waals surface area contributed by atoms with Gasteiger partial charge >= 0.3 is 0 Å². The second-order valence-corrected chi connectivity index (χ2v) is 8.72. The first-order valence-corrected chi connectivity index (χ1v) is 10.9. The van der Waals surface area contributed by atoms with Crippen LogP contribution in [0.3, 0.4) is 0 Å². The Morgan fingerprint density at radius 2 is 1.43 bits per heavy atom. The molecule has 0 radical (unpaired) electrons. The van der Waals surface area contributed by atoms with E-state index >= 15 is 0 Å². The van der Waals surface area contributed by atoms with Gasteiger partial charge in [-0.3, -0.25) is 9.69 Å². The van der Waals surface area contributed by atoms with Crippen molar-refractivity contribution in [2.75, 3.05) is 20.1 Å². The molecule has 2 fully saturated rings. The number of rotatable bonds is 3. The molecule has 146 valence electrons. The van der Waals surface area contributed by atoms with Crippen LogP contribution in [0.4, 0.5) is 0 Å². The van der Waals surface area contributed by atoms with Crippen molar-refractivity contribution in [1.29, 1.82) is 0 Å². The quantitative estimate of drug-likeness (QED) is 0.780. The fourth-order valence-electron chi connectivity index (χ4n) is 5.83. The highest BCUT2D eigenvalue weighted by atomic mass is 16.2. The number of amides is 1. The maximum atomic E-state index is 13.8. The van der Waals surface area contributed by atoms with Gasteiger partial charge in [0, 0.05) is 19.1 Å². The molecule has 1 heterocycles. The van der Waals surface area contributed by atoms with Crippen molar-refractivity contribution >= 4 is 5.91 Å². The van der Waals surface area contributed by atoms with Crippen LogP contribution < -0.4 is 0 Å². The Morgan fingerprint density at radius 1 is 0.857 bits per heavy atom. The first-order chi connectivity index (χ1) is 13.8. The fraction of sp³-hybridized carbons (Fsp3) is 0.480. The molecule has 5 rings (SSSR count). The van der Waals surface area contributed by atoms with Gasteiger partial charge in [0.1, 0.15) is 0 Å². The van der Waals surface area contributed by atoms with Crippen LogP contribution >= 0.6 is 0 Å². The van der Waals surface area contributed by atoms with Gasteiger partial charge in [0.2, 0.25) is 5.91 Å². The lowest BCUT2D eigenvalue weighted by Crippen LogP contribution is -2.54. The zero-order valence-electron chi connectivity index (χ0n) is 16.8. The Balaban J connectivity index is 1.47. The molecular weight excluding hydrogens is 344 g/mol. The van der Waals surface area contributed by atoms with Gasteiger partial charge in [0.15, 0.2) is 0 Å². The maximum Gasteiger partial charge on any atom is 0.234 e. The Bertz CT molecular complexity index is 825. The average Bonchev–Trinajstić information content (AvgIpc) is 3.39. The van der Waals surface area contributed by atoms with Crippen LogP contribution in [0.15, 0.2) is 48.5 Å². The number of fused-ring (bicyclic) bond motifs is 3. The molecule has 0 spiro atoms. The van der Waals surface area contributed by atoms with Crippen LogP contribution in [0.2, 0.25) is 0 Å². The number of carbonyl (C=O) groups excluding carboxylic acids is 1. The van der Waals surface area contributed by atoms with Gasteiger partial charge in [-0.1, -0.05) is 61.4 Å². The predicted octanol–water partition coefficient (Wildman–Crippen LogP) is 4.66. The topological polar surface area (TPSA) is 23.6 Å². The van der Waals surface area contributed by atoms with Gasteiger partial charge in [-0.25, -0.2) is 0 Å². The summed E-state index contributed by atoms with van der Waals surface area (Å²) in [6.45, 7) is 2.41. The van der Waals surface area contributed by atoms with Crippen LogP contribution in [-0.2, 0) is 4.79 Å². The van der Waals surface area contributed by atoms with Crippen LogP contribution in [0.1, 0.15) is 55.6 Å². The first kappa shape index (κ1) is 17.9. The van der Waals surface area contributed by atoms with E-state index in [-0.39, 0.29) is 11.8 Å². The molecule has 0 unspecified atom stereocenters. The molecule has 1 amide bonds. The van der Waals surface area contributed by atoms with E-state index in [4.69, 9.17) is 0 Å². The third kappa shape index (κ3) is 2.88. The van der Waals surface area contributed by atoms with E-state index in [1.807, 2.05) is 0 Å². The zero-order valence-corrected chi connectivity index (χ0v) is 16.8. The number of hydrogen-bond donors (Lipinski definition) is 0. The molecule has 3 nitrogen and oxygen atoms in total. The normalized spacial score (nSPS) is 24.8. The van der Waals surface area contributed by atoms with Crippen LogP contribution in [0.25, 0.3) is 11.1 Å². The van der Waals surface area contributed by atoms with Crippen molar-refractivity contribution < 1.29 is 4.79 Å². The summed E-state index contributed by atoms with van der Waals surface area (Å²) >= 11 is 0. The lowest BCUT2D eigenvalue weighted by atomic mass is 9.86. The summed E-state index contributed by atoms with van der Waals surface area (Å²) in [7, 11) is 2.06. The second kappa shape index (κ2) is 7.36. The summed E-state index contributed by atoms with van der Waals surface area (Å²) in [5, 5.41) is 0. The summed E-state index contributed by atoms with van der Waals surface area (Å²) in [4.78, 5) is 18.6. The van der Waals surface area contributed by atoms with Crippen molar-refractivity contribution in [2.24, 2.45) is 0 Å². The molecule has 2 aliphatic carbocycles. The van der Waals surface area contributed by atoms with Gasteiger partial charge in [-0.05, 0) is 61.0 Å². The SMILES string of the molecule is CN(C(=O)C1c2ccccc2-c2ccccc21)[C@@H]1CCCC[C@H]1N1CCCC1. The monoisotopic (exact) mass is 374 g/mol. The molecule has 1 saturated heterocycles. The summed E-state index contributed by atoms with van der Waals surface area (Å²) in [6, 6.07) is 17.8. The second-order valence-electron chi connectivity index (χ2n) is 8.72. The molecule has 3 heteroatoms. The predicted molar refractivity (Wildman–Crippen MR) is 113 cm³/mol. The highest BCUT2D eigenvalue weighted by Gasteiger charge is 2.40. The van der Waals surface area contributed by atoms with Crippen molar-refractivity contribution in [3.63, 3.8) is 0 Å². The molecule has 3 aliphatic rings. The Hall–Kier alpha value is -2.13. The average molecular weight is 375 g/mol. The summed E-state index contributed by atoms with van der Waals surface area (Å²) in [5.41, 5.74) is 4.80. The molecule has 2 atom stereocenters. The zero-order chi connectivity index (χ0) is 19.1. The van der Waals surface area contributed by atoms with Crippen LogP contribution in [0, 0.1) is 0 Å². The minimum absolute atomic E-state index is 0.154. The lowest BCUT2D eigenvalue weighted by molar-refractivity contribution is -0.134. The van der Waals surface area contributed by atoms with Crippen molar-refractivity contribution in [3.05, 3.63) is 59.7 Å². The molecule has 0 bridgehead atoms. The van der Waals surface area contributed by atoms with Gasteiger partial charge in [-0.15, -0.1) is 0 Å². The summed E-state index contributed by atoms with van der Waals surface area (Å²) in [6.07, 6.45) is 7.54. The number of likely N-dealkylation sites (N-methyl/N-ethyl adjacent to an activating group) is 1. The third-order valence-corrected chi connectivity index (χ3v) is 7.23. The van der Waals surface area contributed by atoms with Crippen molar-refractivity contribution in [2.45, 2.75) is 56.5 Å². The molecule has 0 N–H and O–H groups in total. The third-order valence-electron chi connectivity index (χ3n) is 7.23. The van der Waals surface area contributed by atoms with Gasteiger partial charge in [0.05, 0.1) is 5.92 Å². The van der Waals surface area contributed by atoms with Gasteiger partial charge in [-0.2, -0.15) is 0 Å². The minimum Gasteiger partial charge on any atom is -0.340 e. The van der Waals surface area contributed by atoms with E-state index in [9.17, 15) is 4.79 Å². The van der Waals surface area contributed by atoms with E-state index in [0.717, 1.165) is 6.42 Å². The highest BCUT2D eigenvalue weighted by molar-refractivity contribution is 5.96.